The molecule has 5 aromatic rings. The van der Waals surface area contributed by atoms with Gasteiger partial charge in [0, 0.05) is 10.6 Å². The minimum atomic E-state index is -0.498. The third-order valence-corrected chi connectivity index (χ3v) is 6.94. The molecule has 1 aromatic heterocycles. The van der Waals surface area contributed by atoms with Gasteiger partial charge in [-0.1, -0.05) is 96.0 Å². The van der Waals surface area contributed by atoms with E-state index in [4.69, 9.17) is 28.2 Å². The van der Waals surface area contributed by atoms with Crippen molar-refractivity contribution in [1.82, 2.24) is 4.98 Å². The fraction of sp³-hybridized carbons (Fsp3) is 0.0370. The van der Waals surface area contributed by atoms with Crippen LogP contribution in [0.5, 0.6) is 0 Å². The van der Waals surface area contributed by atoms with Crippen molar-refractivity contribution in [1.29, 1.82) is 0 Å². The Labute approximate surface area is 205 Å². The zero-order chi connectivity index (χ0) is 22.8. The van der Waals surface area contributed by atoms with Gasteiger partial charge >= 0.3 is 0 Å². The van der Waals surface area contributed by atoms with E-state index in [1.165, 1.54) is 11.3 Å². The van der Waals surface area contributed by atoms with Crippen LogP contribution in [0, 0.1) is 0 Å². The van der Waals surface area contributed by atoms with Gasteiger partial charge < -0.3 is 5.32 Å². The maximum atomic E-state index is 13.7. The average molecular weight is 489 g/mol. The molecule has 0 aliphatic heterocycles. The van der Waals surface area contributed by atoms with Crippen LogP contribution in [0.3, 0.4) is 0 Å². The maximum absolute atomic E-state index is 13.7. The summed E-state index contributed by atoms with van der Waals surface area (Å²) in [5.41, 5.74) is 3.88. The topological polar surface area (TPSA) is 42.0 Å². The van der Waals surface area contributed by atoms with Gasteiger partial charge in [-0.25, -0.2) is 4.98 Å². The van der Waals surface area contributed by atoms with E-state index in [1.54, 1.807) is 12.1 Å². The molecule has 0 fully saturated rings. The second kappa shape index (κ2) is 9.36. The Kier molecular flexibility index (Phi) is 6.14. The molecule has 0 unspecified atom stereocenters. The lowest BCUT2D eigenvalue weighted by Gasteiger charge is -2.20. The fourth-order valence-electron chi connectivity index (χ4n) is 3.84. The molecule has 4 aromatic carbocycles. The van der Waals surface area contributed by atoms with E-state index in [1.807, 2.05) is 84.9 Å². The predicted molar refractivity (Wildman–Crippen MR) is 138 cm³/mol. The third-order valence-electron chi connectivity index (χ3n) is 5.36. The Hall–Kier alpha value is -3.18. The molecule has 6 heteroatoms. The summed E-state index contributed by atoms with van der Waals surface area (Å²) in [5.74, 6) is -0.679. The second-order valence-electron chi connectivity index (χ2n) is 7.54. The first kappa shape index (κ1) is 21.7. The zero-order valence-electron chi connectivity index (χ0n) is 17.3. The van der Waals surface area contributed by atoms with Crippen molar-refractivity contribution < 1.29 is 4.79 Å². The van der Waals surface area contributed by atoms with Gasteiger partial charge in [-0.05, 0) is 35.4 Å². The summed E-state index contributed by atoms with van der Waals surface area (Å²) in [5, 5.41) is 4.67. The zero-order valence-corrected chi connectivity index (χ0v) is 19.7. The lowest BCUT2D eigenvalue weighted by atomic mass is 9.90. The number of hydrogen-bond donors (Lipinski definition) is 1. The van der Waals surface area contributed by atoms with Crippen LogP contribution in [-0.2, 0) is 4.79 Å². The Morgan fingerprint density at radius 2 is 1.42 bits per heavy atom. The van der Waals surface area contributed by atoms with E-state index in [2.05, 4.69) is 5.32 Å². The number of nitrogens with one attached hydrogen (secondary N) is 1. The predicted octanol–water partition coefficient (Wildman–Crippen LogP) is 8.04. The smallest absolute Gasteiger partial charge is 0.236 e. The average Bonchev–Trinajstić information content (AvgIpc) is 3.26. The Bertz CT molecular complexity index is 1360. The molecule has 0 spiro atoms. The summed E-state index contributed by atoms with van der Waals surface area (Å²) >= 11 is 14.5. The molecular formula is C27H18Cl2N2OS. The number of amides is 1. The van der Waals surface area contributed by atoms with Gasteiger partial charge in [0.2, 0.25) is 5.91 Å². The summed E-state index contributed by atoms with van der Waals surface area (Å²) in [6.45, 7) is 0. The Morgan fingerprint density at radius 3 is 2.06 bits per heavy atom. The molecule has 3 nitrogen and oxygen atoms in total. The summed E-state index contributed by atoms with van der Waals surface area (Å²) in [6.07, 6.45) is 0. The number of hydrogen-bond acceptors (Lipinski definition) is 3. The molecule has 0 aliphatic rings. The largest absolute Gasteiger partial charge is 0.323 e. The van der Waals surface area contributed by atoms with Crippen LogP contribution in [0.2, 0.25) is 10.0 Å². The number of fused-ring (bicyclic) bond motifs is 1. The van der Waals surface area contributed by atoms with Crippen LogP contribution < -0.4 is 5.32 Å². The quantitative estimate of drug-likeness (QED) is 0.271. The van der Waals surface area contributed by atoms with Crippen molar-refractivity contribution in [3.8, 4) is 10.6 Å². The number of carbonyl (C=O) groups excluding carboxylic acids is 1. The molecule has 162 valence electrons. The van der Waals surface area contributed by atoms with Gasteiger partial charge in [0.1, 0.15) is 5.01 Å². The first-order valence-corrected chi connectivity index (χ1v) is 11.9. The van der Waals surface area contributed by atoms with E-state index in [0.29, 0.717) is 21.3 Å². The summed E-state index contributed by atoms with van der Waals surface area (Å²) in [7, 11) is 0. The molecule has 0 saturated heterocycles. The van der Waals surface area contributed by atoms with E-state index in [-0.39, 0.29) is 5.91 Å². The number of para-hydroxylation sites is 1. The normalized spacial score (nSPS) is 11.1. The molecule has 1 N–H and O–H groups in total. The molecule has 0 saturated carbocycles. The third kappa shape index (κ3) is 4.51. The van der Waals surface area contributed by atoms with Gasteiger partial charge in [-0.15, -0.1) is 11.3 Å². The Morgan fingerprint density at radius 1 is 0.818 bits per heavy atom. The number of halogens is 2. The Balaban J connectivity index is 1.59. The van der Waals surface area contributed by atoms with Gasteiger partial charge in [0.15, 0.2) is 0 Å². The molecule has 1 amide bonds. The molecule has 0 aliphatic carbocycles. The van der Waals surface area contributed by atoms with Crippen molar-refractivity contribution in [3.63, 3.8) is 0 Å². The molecule has 0 radical (unpaired) electrons. The highest BCUT2D eigenvalue weighted by atomic mass is 35.5. The van der Waals surface area contributed by atoms with Gasteiger partial charge in [-0.2, -0.15) is 0 Å². The lowest BCUT2D eigenvalue weighted by Crippen LogP contribution is -2.22. The number of benzene rings is 4. The monoisotopic (exact) mass is 488 g/mol. The standard InChI is InChI=1S/C27H18Cl2N2OS/c28-19-15-20(27-30-22-13-7-8-14-23(22)33-27)25(21(29)16-19)31-26(32)24(17-9-3-1-4-10-17)18-11-5-2-6-12-18/h1-16,24H,(H,31,32). The van der Waals surface area contributed by atoms with Crippen LogP contribution in [-0.4, -0.2) is 10.9 Å². The van der Waals surface area contributed by atoms with Crippen molar-refractivity contribution in [3.05, 3.63) is 118 Å². The lowest BCUT2D eigenvalue weighted by molar-refractivity contribution is -0.116. The van der Waals surface area contributed by atoms with E-state index in [0.717, 1.165) is 26.4 Å². The number of rotatable bonds is 5. The van der Waals surface area contributed by atoms with Crippen LogP contribution >= 0.6 is 34.5 Å². The SMILES string of the molecule is O=C(Nc1c(Cl)cc(Cl)cc1-c1nc2ccccc2s1)C(c1ccccc1)c1ccccc1. The molecule has 1 heterocycles. The summed E-state index contributed by atoms with van der Waals surface area (Å²) in [6, 6.07) is 30.7. The van der Waals surface area contributed by atoms with Crippen LogP contribution in [0.1, 0.15) is 17.0 Å². The molecular weight excluding hydrogens is 471 g/mol. The summed E-state index contributed by atoms with van der Waals surface area (Å²) < 4.78 is 1.05. The van der Waals surface area contributed by atoms with Gasteiger partial charge in [0.25, 0.3) is 0 Å². The van der Waals surface area contributed by atoms with Gasteiger partial charge in [-0.3, -0.25) is 4.79 Å². The first-order chi connectivity index (χ1) is 16.1. The van der Waals surface area contributed by atoms with Crippen LogP contribution in [0.25, 0.3) is 20.8 Å². The minimum Gasteiger partial charge on any atom is -0.323 e. The highest BCUT2D eigenvalue weighted by Gasteiger charge is 2.25. The molecule has 33 heavy (non-hydrogen) atoms. The highest BCUT2D eigenvalue weighted by molar-refractivity contribution is 7.21. The van der Waals surface area contributed by atoms with Crippen molar-refractivity contribution in [2.45, 2.75) is 5.92 Å². The van der Waals surface area contributed by atoms with Crippen LogP contribution in [0.4, 0.5) is 5.69 Å². The van der Waals surface area contributed by atoms with E-state index < -0.39 is 5.92 Å². The highest BCUT2D eigenvalue weighted by Crippen LogP contribution is 2.41. The van der Waals surface area contributed by atoms with E-state index in [9.17, 15) is 4.79 Å². The second-order valence-corrected chi connectivity index (χ2v) is 9.41. The first-order valence-electron chi connectivity index (χ1n) is 10.4. The number of aromatic nitrogens is 1. The number of thiazole rings is 1. The van der Waals surface area contributed by atoms with Crippen molar-refractivity contribution in [2.75, 3.05) is 5.32 Å². The van der Waals surface area contributed by atoms with E-state index >= 15 is 0 Å². The number of carbonyl (C=O) groups is 1. The maximum Gasteiger partial charge on any atom is 0.236 e. The van der Waals surface area contributed by atoms with Crippen LogP contribution in [0.15, 0.2) is 97.1 Å². The number of anilines is 1. The minimum absolute atomic E-state index is 0.181. The van der Waals surface area contributed by atoms with Crippen molar-refractivity contribution in [2.24, 2.45) is 0 Å². The number of nitrogens with zero attached hydrogens (tertiary/aromatic N) is 1. The molecule has 0 bridgehead atoms. The summed E-state index contributed by atoms with van der Waals surface area (Å²) in [4.78, 5) is 18.4. The molecule has 5 rings (SSSR count). The fourth-order valence-corrected chi connectivity index (χ4v) is 5.37. The molecule has 0 atom stereocenters. The van der Waals surface area contributed by atoms with Gasteiger partial charge in [0.05, 0.1) is 26.8 Å². The van der Waals surface area contributed by atoms with Crippen molar-refractivity contribution >= 4 is 56.3 Å².